The summed E-state index contributed by atoms with van der Waals surface area (Å²) in [7, 11) is 0. The van der Waals surface area contributed by atoms with Crippen LogP contribution >= 0.6 is 0 Å². The molecule has 0 aliphatic heterocycles. The number of hydrogen-bond acceptors (Lipinski definition) is 3. The molecule has 3 N–H and O–H groups in total. The van der Waals surface area contributed by atoms with Crippen LogP contribution in [0.1, 0.15) is 43.0 Å². The molecule has 0 bridgehead atoms. The first-order valence-corrected chi connectivity index (χ1v) is 7.02. The fraction of sp³-hybridized carbons (Fsp3) is 0.333. The van der Waals surface area contributed by atoms with E-state index < -0.39 is 0 Å². The molecule has 0 aliphatic carbocycles. The number of aromatic hydroxyl groups is 3. The van der Waals surface area contributed by atoms with Crippen molar-refractivity contribution >= 4 is 0 Å². The van der Waals surface area contributed by atoms with Crippen LogP contribution in [0.5, 0.6) is 17.2 Å². The van der Waals surface area contributed by atoms with Gasteiger partial charge in [0.05, 0.1) is 0 Å². The summed E-state index contributed by atoms with van der Waals surface area (Å²) in [6.45, 7) is 8.10. The summed E-state index contributed by atoms with van der Waals surface area (Å²) in [5.41, 5.74) is 3.20. The Morgan fingerprint density at radius 2 is 1.52 bits per heavy atom. The molecule has 0 amide bonds. The van der Waals surface area contributed by atoms with E-state index in [-0.39, 0.29) is 22.7 Å². The third-order valence-electron chi connectivity index (χ3n) is 3.65. The van der Waals surface area contributed by atoms with Crippen LogP contribution in [-0.2, 0) is 11.8 Å². The average Bonchev–Trinajstić information content (AvgIpc) is 2.37. The van der Waals surface area contributed by atoms with Crippen molar-refractivity contribution < 1.29 is 15.3 Å². The molecule has 0 aliphatic rings. The van der Waals surface area contributed by atoms with Crippen LogP contribution in [-0.4, -0.2) is 15.3 Å². The van der Waals surface area contributed by atoms with Crippen LogP contribution in [0.2, 0.25) is 0 Å². The molecular formula is C18H22O3. The molecule has 0 saturated carbocycles. The van der Waals surface area contributed by atoms with Crippen molar-refractivity contribution in [3.05, 3.63) is 52.6 Å². The lowest BCUT2D eigenvalue weighted by Crippen LogP contribution is -2.11. The van der Waals surface area contributed by atoms with Gasteiger partial charge in [-0.05, 0) is 35.6 Å². The van der Waals surface area contributed by atoms with Crippen molar-refractivity contribution in [1.29, 1.82) is 0 Å². The molecule has 3 nitrogen and oxygen atoms in total. The molecule has 2 aromatic carbocycles. The van der Waals surface area contributed by atoms with Gasteiger partial charge in [-0.3, -0.25) is 0 Å². The molecule has 0 fully saturated rings. The zero-order chi connectivity index (χ0) is 15.8. The molecule has 112 valence electrons. The first-order valence-electron chi connectivity index (χ1n) is 7.02. The van der Waals surface area contributed by atoms with Crippen molar-refractivity contribution in [2.24, 2.45) is 0 Å². The summed E-state index contributed by atoms with van der Waals surface area (Å²) in [6, 6.07) is 8.85. The molecule has 0 aromatic heterocycles. The van der Waals surface area contributed by atoms with Gasteiger partial charge in [0.25, 0.3) is 0 Å². The number of benzene rings is 2. The maximum absolute atomic E-state index is 10.1. The van der Waals surface area contributed by atoms with Crippen LogP contribution < -0.4 is 0 Å². The van der Waals surface area contributed by atoms with E-state index in [4.69, 9.17) is 0 Å². The summed E-state index contributed by atoms with van der Waals surface area (Å²) in [6.07, 6.45) is 0.372. The largest absolute Gasteiger partial charge is 0.508 e. The maximum atomic E-state index is 10.1. The van der Waals surface area contributed by atoms with Gasteiger partial charge in [-0.25, -0.2) is 0 Å². The van der Waals surface area contributed by atoms with Gasteiger partial charge in [0.15, 0.2) is 11.5 Å². The molecule has 21 heavy (non-hydrogen) atoms. The standard InChI is InChI=1S/C18H22O3/c1-11-5-6-15(19)12(7-11)8-13-9-14(18(2,3)4)10-16(20)17(13)21/h5-7,9-10,19-21H,8H2,1-4H3. The topological polar surface area (TPSA) is 60.7 Å². The maximum Gasteiger partial charge on any atom is 0.161 e. The highest BCUT2D eigenvalue weighted by atomic mass is 16.3. The summed E-state index contributed by atoms with van der Waals surface area (Å²) in [4.78, 5) is 0. The van der Waals surface area contributed by atoms with Gasteiger partial charge in [0.1, 0.15) is 5.75 Å². The predicted octanol–water partition coefficient (Wildman–Crippen LogP) is 4.00. The summed E-state index contributed by atoms with van der Waals surface area (Å²) in [5.74, 6) is -0.0471. The number of hydrogen-bond donors (Lipinski definition) is 3. The van der Waals surface area contributed by atoms with Gasteiger partial charge in [-0.2, -0.15) is 0 Å². The van der Waals surface area contributed by atoms with Gasteiger partial charge in [-0.15, -0.1) is 0 Å². The smallest absolute Gasteiger partial charge is 0.161 e. The van der Waals surface area contributed by atoms with Gasteiger partial charge >= 0.3 is 0 Å². The molecular weight excluding hydrogens is 264 g/mol. The average molecular weight is 286 g/mol. The third-order valence-corrected chi connectivity index (χ3v) is 3.65. The Bertz CT molecular complexity index is 667. The molecule has 0 spiro atoms. The minimum Gasteiger partial charge on any atom is -0.508 e. The highest BCUT2D eigenvalue weighted by Crippen LogP contribution is 2.37. The van der Waals surface area contributed by atoms with E-state index in [1.165, 1.54) is 0 Å². The van der Waals surface area contributed by atoms with E-state index in [2.05, 4.69) is 0 Å². The van der Waals surface area contributed by atoms with Crippen molar-refractivity contribution in [2.45, 2.75) is 39.5 Å². The monoisotopic (exact) mass is 286 g/mol. The van der Waals surface area contributed by atoms with Crippen LogP contribution in [0.25, 0.3) is 0 Å². The van der Waals surface area contributed by atoms with Crippen LogP contribution in [0.15, 0.2) is 30.3 Å². The van der Waals surface area contributed by atoms with Gasteiger partial charge in [0.2, 0.25) is 0 Å². The molecule has 0 saturated heterocycles. The quantitative estimate of drug-likeness (QED) is 0.731. The Morgan fingerprint density at radius 1 is 0.857 bits per heavy atom. The first kappa shape index (κ1) is 15.2. The lowest BCUT2D eigenvalue weighted by molar-refractivity contribution is 0.397. The number of phenols is 3. The Labute approximate surface area is 125 Å². The Balaban J connectivity index is 2.49. The second-order valence-electron chi connectivity index (χ2n) is 6.56. The van der Waals surface area contributed by atoms with Gasteiger partial charge in [0, 0.05) is 12.0 Å². The van der Waals surface area contributed by atoms with Crippen molar-refractivity contribution in [3.8, 4) is 17.2 Å². The summed E-state index contributed by atoms with van der Waals surface area (Å²) < 4.78 is 0. The van der Waals surface area contributed by atoms with Crippen LogP contribution in [0.3, 0.4) is 0 Å². The fourth-order valence-corrected chi connectivity index (χ4v) is 2.31. The first-order chi connectivity index (χ1) is 9.68. The highest BCUT2D eigenvalue weighted by Gasteiger charge is 2.19. The molecule has 0 atom stereocenters. The van der Waals surface area contributed by atoms with E-state index in [9.17, 15) is 15.3 Å². The van der Waals surface area contributed by atoms with Gasteiger partial charge in [-0.1, -0.05) is 44.5 Å². The minimum atomic E-state index is -0.130. The summed E-state index contributed by atoms with van der Waals surface area (Å²) in [5, 5.41) is 30.0. The van der Waals surface area contributed by atoms with E-state index in [0.717, 1.165) is 16.7 Å². The Morgan fingerprint density at radius 3 is 2.14 bits per heavy atom. The molecule has 0 unspecified atom stereocenters. The predicted molar refractivity (Wildman–Crippen MR) is 84.1 cm³/mol. The molecule has 0 heterocycles. The Hall–Kier alpha value is -2.16. The second-order valence-corrected chi connectivity index (χ2v) is 6.56. The van der Waals surface area contributed by atoms with E-state index >= 15 is 0 Å². The van der Waals surface area contributed by atoms with E-state index in [0.29, 0.717) is 12.0 Å². The van der Waals surface area contributed by atoms with Crippen molar-refractivity contribution in [1.82, 2.24) is 0 Å². The second kappa shape index (κ2) is 5.32. The summed E-state index contributed by atoms with van der Waals surface area (Å²) >= 11 is 0. The molecule has 0 radical (unpaired) electrons. The Kier molecular flexibility index (Phi) is 3.86. The SMILES string of the molecule is Cc1ccc(O)c(Cc2cc(C(C)(C)C)cc(O)c2O)c1. The zero-order valence-corrected chi connectivity index (χ0v) is 12.9. The lowest BCUT2D eigenvalue weighted by atomic mass is 9.85. The van der Waals surface area contributed by atoms with Crippen molar-refractivity contribution in [2.75, 3.05) is 0 Å². The fourth-order valence-electron chi connectivity index (χ4n) is 2.31. The normalized spacial score (nSPS) is 11.6. The number of phenolic OH excluding ortho intramolecular Hbond substituents is 3. The minimum absolute atomic E-state index is 0.121. The zero-order valence-electron chi connectivity index (χ0n) is 12.9. The lowest BCUT2D eigenvalue weighted by Gasteiger charge is -2.21. The third kappa shape index (κ3) is 3.30. The number of aryl methyl sites for hydroxylation is 1. The van der Waals surface area contributed by atoms with Crippen molar-refractivity contribution in [3.63, 3.8) is 0 Å². The van der Waals surface area contributed by atoms with Gasteiger partial charge < -0.3 is 15.3 Å². The molecule has 2 rings (SSSR count). The molecule has 2 aromatic rings. The number of rotatable bonds is 2. The highest BCUT2D eigenvalue weighted by molar-refractivity contribution is 5.52. The van der Waals surface area contributed by atoms with E-state index in [1.54, 1.807) is 12.1 Å². The molecule has 3 heteroatoms. The van der Waals surface area contributed by atoms with Crippen LogP contribution in [0.4, 0.5) is 0 Å². The van der Waals surface area contributed by atoms with E-state index in [1.807, 2.05) is 45.9 Å². The van der Waals surface area contributed by atoms with Crippen LogP contribution in [0, 0.1) is 6.92 Å².